The van der Waals surface area contributed by atoms with Crippen LogP contribution in [0.15, 0.2) is 40.6 Å². The van der Waals surface area contributed by atoms with Crippen LogP contribution in [0.25, 0.3) is 0 Å². The first-order valence-corrected chi connectivity index (χ1v) is 9.47. The number of hydrogen-bond donors (Lipinski definition) is 3. The summed E-state index contributed by atoms with van der Waals surface area (Å²) >= 11 is 0. The van der Waals surface area contributed by atoms with E-state index in [-0.39, 0.29) is 17.4 Å². The molecule has 1 amide bonds. The summed E-state index contributed by atoms with van der Waals surface area (Å²) < 4.78 is 4.99. The average molecular weight is 385 g/mol. The van der Waals surface area contributed by atoms with Crippen molar-refractivity contribution in [1.82, 2.24) is 4.98 Å². The molecule has 0 fully saturated rings. The predicted molar refractivity (Wildman–Crippen MR) is 108 cm³/mol. The molecular weight excluding hydrogens is 358 g/mol. The molecule has 8 heteroatoms. The minimum Gasteiger partial charge on any atom is -0.506 e. The van der Waals surface area contributed by atoms with Crippen molar-refractivity contribution in [1.29, 1.82) is 0 Å². The summed E-state index contributed by atoms with van der Waals surface area (Å²) in [4.78, 5) is 15.3. The Morgan fingerprint density at radius 2 is 1.79 bits per heavy atom. The third kappa shape index (κ3) is 6.53. The quantitative estimate of drug-likeness (QED) is 0.384. The second-order valence-electron chi connectivity index (χ2n) is 6.48. The molecule has 28 heavy (non-hydrogen) atoms. The highest BCUT2D eigenvalue weighted by atomic mass is 16.6. The second-order valence-corrected chi connectivity index (χ2v) is 6.48. The molecule has 0 aliphatic heterocycles. The van der Waals surface area contributed by atoms with Crippen molar-refractivity contribution in [2.45, 2.75) is 51.9 Å². The summed E-state index contributed by atoms with van der Waals surface area (Å²) in [6.45, 7) is 2.18. The molecule has 2 aromatic rings. The maximum Gasteiger partial charge on any atom is 0.411 e. The first-order chi connectivity index (χ1) is 13.5. The highest BCUT2D eigenvalue weighted by Crippen LogP contribution is 2.32. The number of phenols is 1. The van der Waals surface area contributed by atoms with E-state index in [1.165, 1.54) is 25.3 Å². The lowest BCUT2D eigenvalue weighted by atomic mass is 10.1. The number of phenolic OH excluding ortho intramolecular Hbond substituents is 1. The second kappa shape index (κ2) is 10.9. The van der Waals surface area contributed by atoms with E-state index in [1.54, 1.807) is 24.3 Å². The zero-order valence-electron chi connectivity index (χ0n) is 16.1. The largest absolute Gasteiger partial charge is 0.506 e. The van der Waals surface area contributed by atoms with Crippen molar-refractivity contribution in [3.63, 3.8) is 0 Å². The van der Waals surface area contributed by atoms with E-state index in [1.807, 2.05) is 0 Å². The molecule has 8 nitrogen and oxygen atoms in total. The van der Waals surface area contributed by atoms with E-state index >= 15 is 0 Å². The molecule has 0 spiro atoms. The number of aryl methyl sites for hydroxylation is 1. The van der Waals surface area contributed by atoms with Gasteiger partial charge in [0.2, 0.25) is 5.88 Å². The van der Waals surface area contributed by atoms with Crippen LogP contribution in [-0.2, 0) is 6.42 Å². The summed E-state index contributed by atoms with van der Waals surface area (Å²) in [6, 6.07) is 8.27. The van der Waals surface area contributed by atoms with E-state index in [4.69, 9.17) is 16.2 Å². The third-order valence-corrected chi connectivity index (χ3v) is 4.21. The standard InChI is InChI=1S/C20H27N5O3/c1-2-3-4-5-6-7-10-14-13-16(18(21)23-19(14)28-20(22)27)25-24-15-11-8-9-12-17(15)26/h8-9,11-13,26H,2-7,10H2,1H3,(H2,21,23)(H2,22,27). The maximum absolute atomic E-state index is 11.2. The number of pyridine rings is 1. The van der Waals surface area contributed by atoms with Crippen molar-refractivity contribution in [3.8, 4) is 11.6 Å². The molecule has 1 heterocycles. The number of nitrogens with two attached hydrogens (primary N) is 2. The van der Waals surface area contributed by atoms with Crippen LogP contribution < -0.4 is 16.2 Å². The number of para-hydroxylation sites is 1. The van der Waals surface area contributed by atoms with Crippen LogP contribution in [0.2, 0.25) is 0 Å². The average Bonchev–Trinajstić information content (AvgIpc) is 2.65. The summed E-state index contributed by atoms with van der Waals surface area (Å²) in [7, 11) is 0. The highest BCUT2D eigenvalue weighted by molar-refractivity contribution is 5.69. The normalized spacial score (nSPS) is 11.0. The molecule has 0 unspecified atom stereocenters. The molecule has 0 atom stereocenters. The van der Waals surface area contributed by atoms with E-state index in [0.717, 1.165) is 19.3 Å². The fourth-order valence-electron chi connectivity index (χ4n) is 2.73. The lowest BCUT2D eigenvalue weighted by molar-refractivity contribution is 0.208. The Hall–Kier alpha value is -3.16. The molecule has 2 rings (SSSR count). The van der Waals surface area contributed by atoms with Crippen molar-refractivity contribution < 1.29 is 14.6 Å². The number of nitrogens with zero attached hydrogens (tertiary/aromatic N) is 3. The molecule has 0 aliphatic carbocycles. The van der Waals surface area contributed by atoms with Gasteiger partial charge < -0.3 is 21.3 Å². The van der Waals surface area contributed by atoms with Crippen LogP contribution in [0, 0.1) is 0 Å². The fourth-order valence-corrected chi connectivity index (χ4v) is 2.73. The van der Waals surface area contributed by atoms with Crippen LogP contribution >= 0.6 is 0 Å². The van der Waals surface area contributed by atoms with Crippen molar-refractivity contribution in [3.05, 3.63) is 35.9 Å². The topological polar surface area (TPSA) is 136 Å². The van der Waals surface area contributed by atoms with Crippen LogP contribution in [-0.4, -0.2) is 16.2 Å². The Morgan fingerprint density at radius 1 is 1.11 bits per heavy atom. The molecule has 0 bridgehead atoms. The number of carbonyl (C=O) groups is 1. The first-order valence-electron chi connectivity index (χ1n) is 9.47. The third-order valence-electron chi connectivity index (χ3n) is 4.21. The van der Waals surface area contributed by atoms with Crippen molar-refractivity contribution in [2.75, 3.05) is 5.73 Å². The van der Waals surface area contributed by atoms with E-state index in [2.05, 4.69) is 22.1 Å². The van der Waals surface area contributed by atoms with Gasteiger partial charge >= 0.3 is 6.09 Å². The Bertz CT molecular complexity index is 823. The van der Waals surface area contributed by atoms with Gasteiger partial charge in [0.25, 0.3) is 0 Å². The van der Waals surface area contributed by atoms with Crippen LogP contribution in [0.1, 0.15) is 51.0 Å². The highest BCUT2D eigenvalue weighted by Gasteiger charge is 2.13. The molecular formula is C20H27N5O3. The van der Waals surface area contributed by atoms with Gasteiger partial charge in [-0.2, -0.15) is 4.98 Å². The number of unbranched alkanes of at least 4 members (excludes halogenated alkanes) is 5. The molecule has 0 aliphatic rings. The van der Waals surface area contributed by atoms with Gasteiger partial charge in [0, 0.05) is 5.56 Å². The summed E-state index contributed by atoms with van der Waals surface area (Å²) in [5, 5.41) is 17.9. The first kappa shape index (κ1) is 21.1. The minimum absolute atomic E-state index is 0.0127. The number of primary amides is 1. The number of benzene rings is 1. The number of hydrogen-bond acceptors (Lipinski definition) is 7. The monoisotopic (exact) mass is 385 g/mol. The number of carbonyl (C=O) groups excluding carboxylic acids is 1. The maximum atomic E-state index is 11.2. The summed E-state index contributed by atoms with van der Waals surface area (Å²) in [5.41, 5.74) is 12.4. The minimum atomic E-state index is -0.945. The molecule has 1 aromatic heterocycles. The molecule has 150 valence electrons. The van der Waals surface area contributed by atoms with Crippen LogP contribution in [0.3, 0.4) is 0 Å². The van der Waals surface area contributed by atoms with Gasteiger partial charge in [0.05, 0.1) is 0 Å². The van der Waals surface area contributed by atoms with Crippen LogP contribution in [0.5, 0.6) is 11.6 Å². The number of azo groups is 1. The summed E-state index contributed by atoms with van der Waals surface area (Å²) in [6.07, 6.45) is 6.49. The fraction of sp³-hybridized carbons (Fsp3) is 0.400. The molecule has 5 N–H and O–H groups in total. The van der Waals surface area contributed by atoms with E-state index in [9.17, 15) is 9.90 Å². The van der Waals surface area contributed by atoms with Crippen molar-refractivity contribution >= 4 is 23.3 Å². The molecule has 1 aromatic carbocycles. The number of ether oxygens (including phenoxy) is 1. The van der Waals surface area contributed by atoms with Gasteiger partial charge in [-0.3, -0.25) is 0 Å². The van der Waals surface area contributed by atoms with Crippen LogP contribution in [0.4, 0.5) is 22.0 Å². The SMILES string of the molecule is CCCCCCCCc1cc(N=Nc2ccccc2O)c(N)nc1OC(N)=O. The van der Waals surface area contributed by atoms with Gasteiger partial charge in [-0.15, -0.1) is 10.2 Å². The number of rotatable bonds is 10. The van der Waals surface area contributed by atoms with Gasteiger partial charge in [-0.1, -0.05) is 51.2 Å². The smallest absolute Gasteiger partial charge is 0.411 e. The van der Waals surface area contributed by atoms with Crippen molar-refractivity contribution in [2.24, 2.45) is 16.0 Å². The summed E-state index contributed by atoms with van der Waals surface area (Å²) in [5.74, 6) is 0.168. The van der Waals surface area contributed by atoms with E-state index in [0.29, 0.717) is 23.4 Å². The molecule has 0 saturated heterocycles. The Morgan fingerprint density at radius 3 is 2.50 bits per heavy atom. The molecule has 0 saturated carbocycles. The van der Waals surface area contributed by atoms with Gasteiger partial charge in [-0.05, 0) is 31.0 Å². The number of anilines is 1. The van der Waals surface area contributed by atoms with Gasteiger partial charge in [0.15, 0.2) is 5.82 Å². The zero-order chi connectivity index (χ0) is 20.4. The Kier molecular flexibility index (Phi) is 8.20. The zero-order valence-corrected chi connectivity index (χ0v) is 16.1. The predicted octanol–water partition coefficient (Wildman–Crippen LogP) is 5.15. The van der Waals surface area contributed by atoms with Gasteiger partial charge in [0.1, 0.15) is 17.1 Å². The number of nitrogen functional groups attached to an aromatic ring is 1. The lowest BCUT2D eigenvalue weighted by Crippen LogP contribution is -2.18. The Balaban J connectivity index is 2.17. The Labute approximate surface area is 164 Å². The number of aromatic nitrogens is 1. The lowest BCUT2D eigenvalue weighted by Gasteiger charge is -2.10. The van der Waals surface area contributed by atoms with E-state index < -0.39 is 6.09 Å². The number of amides is 1. The molecule has 0 radical (unpaired) electrons. The van der Waals surface area contributed by atoms with Gasteiger partial charge in [-0.25, -0.2) is 4.79 Å². The number of aromatic hydroxyl groups is 1.